The Bertz CT molecular complexity index is 1140. The lowest BCUT2D eigenvalue weighted by Gasteiger charge is -2.25. The summed E-state index contributed by atoms with van der Waals surface area (Å²) in [4.78, 5) is 0. The first-order valence-corrected chi connectivity index (χ1v) is 12.0. The molecule has 4 rings (SSSR count). The van der Waals surface area contributed by atoms with E-state index in [0.717, 1.165) is 26.5 Å². The zero-order valence-electron chi connectivity index (χ0n) is 16.5. The van der Waals surface area contributed by atoms with Crippen LogP contribution < -0.4 is 26.0 Å². The maximum Gasteiger partial charge on any atom is 0.176 e. The third kappa shape index (κ3) is 3.94. The largest absolute Gasteiger partial charge is 0.496 e. The van der Waals surface area contributed by atoms with Gasteiger partial charge in [-0.3, -0.25) is 0 Å². The van der Waals surface area contributed by atoms with Crippen molar-refractivity contribution >= 4 is 50.4 Å². The summed E-state index contributed by atoms with van der Waals surface area (Å²) in [5, 5.41) is 5.63. The van der Waals surface area contributed by atoms with E-state index in [0.29, 0.717) is 11.1 Å². The lowest BCUT2D eigenvalue weighted by molar-refractivity contribution is 0.418. The molecular formula is C25H21BrNO2P. The summed E-state index contributed by atoms with van der Waals surface area (Å²) in [6.07, 6.45) is 0. The molecule has 0 fully saturated rings. The van der Waals surface area contributed by atoms with Crippen LogP contribution in [-0.2, 0) is 4.57 Å². The highest BCUT2D eigenvalue weighted by Gasteiger charge is 2.35. The zero-order valence-corrected chi connectivity index (χ0v) is 18.9. The molecule has 0 radical (unpaired) electrons. The second-order valence-corrected chi connectivity index (χ2v) is 10.4. The van der Waals surface area contributed by atoms with Crippen LogP contribution in [0.15, 0.2) is 108 Å². The van der Waals surface area contributed by atoms with E-state index in [4.69, 9.17) is 4.74 Å². The fraction of sp³-hybridized carbons (Fsp3) is 0.0400. The van der Waals surface area contributed by atoms with Gasteiger partial charge in [-0.05, 0) is 36.4 Å². The smallest absolute Gasteiger partial charge is 0.176 e. The highest BCUT2D eigenvalue weighted by atomic mass is 79.9. The monoisotopic (exact) mass is 477 g/mol. The Kier molecular flexibility index (Phi) is 6.08. The van der Waals surface area contributed by atoms with Crippen LogP contribution in [0.2, 0.25) is 0 Å². The summed E-state index contributed by atoms with van der Waals surface area (Å²) < 4.78 is 21.6. The SMILES string of the molecule is COc1cccc(Nc2ccc(Br)cc2)c1P(=O)(c1ccccc1)c1ccccc1. The summed E-state index contributed by atoms with van der Waals surface area (Å²) in [5.41, 5.74) is 1.66. The molecule has 4 aromatic rings. The van der Waals surface area contributed by atoms with Gasteiger partial charge in [-0.15, -0.1) is 0 Å². The Balaban J connectivity index is 1.97. The molecule has 0 aliphatic rings. The topological polar surface area (TPSA) is 38.3 Å². The normalized spacial score (nSPS) is 11.1. The van der Waals surface area contributed by atoms with Gasteiger partial charge < -0.3 is 14.6 Å². The molecule has 30 heavy (non-hydrogen) atoms. The molecule has 3 nitrogen and oxygen atoms in total. The van der Waals surface area contributed by atoms with Crippen molar-refractivity contribution in [2.45, 2.75) is 0 Å². The van der Waals surface area contributed by atoms with Crippen molar-refractivity contribution in [1.82, 2.24) is 0 Å². The van der Waals surface area contributed by atoms with Gasteiger partial charge in [-0.25, -0.2) is 0 Å². The lowest BCUT2D eigenvalue weighted by atomic mass is 10.2. The van der Waals surface area contributed by atoms with Crippen molar-refractivity contribution in [2.75, 3.05) is 12.4 Å². The van der Waals surface area contributed by atoms with Gasteiger partial charge in [-0.2, -0.15) is 0 Å². The Labute approximate surface area is 185 Å². The van der Waals surface area contributed by atoms with Crippen molar-refractivity contribution in [2.24, 2.45) is 0 Å². The number of halogens is 1. The third-order valence-corrected chi connectivity index (χ3v) is 8.57. The van der Waals surface area contributed by atoms with Crippen LogP contribution in [0.4, 0.5) is 11.4 Å². The maximum absolute atomic E-state index is 14.9. The average Bonchev–Trinajstić information content (AvgIpc) is 2.81. The fourth-order valence-electron chi connectivity index (χ4n) is 3.48. The molecule has 0 amide bonds. The van der Waals surface area contributed by atoms with Crippen LogP contribution in [0.1, 0.15) is 0 Å². The van der Waals surface area contributed by atoms with E-state index in [1.54, 1.807) is 7.11 Å². The van der Waals surface area contributed by atoms with Gasteiger partial charge >= 0.3 is 0 Å². The predicted molar refractivity (Wildman–Crippen MR) is 130 cm³/mol. The van der Waals surface area contributed by atoms with E-state index in [9.17, 15) is 4.57 Å². The van der Waals surface area contributed by atoms with Crippen molar-refractivity contribution in [3.63, 3.8) is 0 Å². The number of nitrogens with one attached hydrogen (secondary N) is 1. The van der Waals surface area contributed by atoms with Gasteiger partial charge in [0.2, 0.25) is 0 Å². The molecule has 5 heteroatoms. The molecule has 0 aliphatic carbocycles. The molecule has 0 unspecified atom stereocenters. The number of anilines is 2. The van der Waals surface area contributed by atoms with E-state index in [2.05, 4.69) is 21.2 Å². The Morgan fingerprint density at radius 3 is 1.83 bits per heavy atom. The minimum Gasteiger partial charge on any atom is -0.496 e. The first-order chi connectivity index (χ1) is 14.6. The molecule has 0 atom stereocenters. The third-order valence-electron chi connectivity index (χ3n) is 4.90. The Morgan fingerprint density at radius 2 is 1.30 bits per heavy atom. The number of rotatable bonds is 6. The van der Waals surface area contributed by atoms with Crippen LogP contribution in [0.3, 0.4) is 0 Å². The highest BCUT2D eigenvalue weighted by Crippen LogP contribution is 2.47. The van der Waals surface area contributed by atoms with Crippen LogP contribution in [0.5, 0.6) is 5.75 Å². The molecule has 0 aliphatic heterocycles. The minimum atomic E-state index is -3.21. The van der Waals surface area contributed by atoms with Crippen molar-refractivity contribution in [1.29, 1.82) is 0 Å². The van der Waals surface area contributed by atoms with Gasteiger partial charge in [0.1, 0.15) is 5.75 Å². The maximum atomic E-state index is 14.9. The number of methoxy groups -OCH3 is 1. The molecule has 0 heterocycles. The van der Waals surface area contributed by atoms with Crippen LogP contribution in [0, 0.1) is 0 Å². The average molecular weight is 478 g/mol. The van der Waals surface area contributed by atoms with Crippen LogP contribution >= 0.6 is 23.1 Å². The Morgan fingerprint density at radius 1 is 0.733 bits per heavy atom. The fourth-order valence-corrected chi connectivity index (χ4v) is 6.69. The molecule has 0 aromatic heterocycles. The van der Waals surface area contributed by atoms with Crippen molar-refractivity contribution < 1.29 is 9.30 Å². The van der Waals surface area contributed by atoms with Crippen molar-refractivity contribution in [3.05, 3.63) is 108 Å². The summed E-state index contributed by atoms with van der Waals surface area (Å²) in [5.74, 6) is 0.591. The second kappa shape index (κ2) is 8.91. The standard InChI is InChI=1S/C25H21BrNO2P/c1-29-24-14-8-13-23(27-20-17-15-19(26)16-18-20)25(24)30(28,21-9-4-2-5-10-21)22-11-6-3-7-12-22/h2-18,27H,1H3. The second-order valence-electron chi connectivity index (χ2n) is 6.77. The molecule has 0 saturated heterocycles. The number of hydrogen-bond donors (Lipinski definition) is 1. The molecule has 150 valence electrons. The minimum absolute atomic E-state index is 0.591. The zero-order chi connectivity index (χ0) is 21.0. The summed E-state index contributed by atoms with van der Waals surface area (Å²) in [7, 11) is -1.60. The quantitative estimate of drug-likeness (QED) is 0.354. The van der Waals surface area contributed by atoms with Crippen LogP contribution in [0.25, 0.3) is 0 Å². The van der Waals surface area contributed by atoms with Gasteiger partial charge in [0, 0.05) is 20.8 Å². The molecule has 1 N–H and O–H groups in total. The Hall–Kier alpha value is -2.81. The van der Waals surface area contributed by atoms with Gasteiger partial charge in [0.05, 0.1) is 18.1 Å². The summed E-state index contributed by atoms with van der Waals surface area (Å²) in [6.45, 7) is 0. The number of hydrogen-bond acceptors (Lipinski definition) is 3. The highest BCUT2D eigenvalue weighted by molar-refractivity contribution is 9.10. The molecular weight excluding hydrogens is 457 g/mol. The molecule has 0 bridgehead atoms. The van der Waals surface area contributed by atoms with E-state index in [-0.39, 0.29) is 0 Å². The molecule has 4 aromatic carbocycles. The van der Waals surface area contributed by atoms with Gasteiger partial charge in [0.15, 0.2) is 7.14 Å². The van der Waals surface area contributed by atoms with E-state index >= 15 is 0 Å². The first kappa shape index (κ1) is 20.5. The molecule has 0 saturated carbocycles. The predicted octanol–water partition coefficient (Wildman–Crippen LogP) is 5.84. The van der Waals surface area contributed by atoms with E-state index < -0.39 is 7.14 Å². The van der Waals surface area contributed by atoms with Gasteiger partial charge in [0.25, 0.3) is 0 Å². The van der Waals surface area contributed by atoms with E-state index in [1.165, 1.54) is 0 Å². The first-order valence-electron chi connectivity index (χ1n) is 9.54. The molecule has 0 spiro atoms. The van der Waals surface area contributed by atoms with Crippen LogP contribution in [-0.4, -0.2) is 7.11 Å². The number of benzene rings is 4. The van der Waals surface area contributed by atoms with Gasteiger partial charge in [-0.1, -0.05) is 82.7 Å². The summed E-state index contributed by atoms with van der Waals surface area (Å²) >= 11 is 3.47. The van der Waals surface area contributed by atoms with Crippen molar-refractivity contribution in [3.8, 4) is 5.75 Å². The number of ether oxygens (including phenoxy) is 1. The van der Waals surface area contributed by atoms with E-state index in [1.807, 2.05) is 103 Å². The summed E-state index contributed by atoms with van der Waals surface area (Å²) in [6, 6.07) is 32.8. The lowest BCUT2D eigenvalue weighted by Crippen LogP contribution is -2.27.